The first kappa shape index (κ1) is 18.3. The van der Waals surface area contributed by atoms with Gasteiger partial charge in [0.25, 0.3) is 0 Å². The number of guanidine groups is 1. The second-order valence-corrected chi connectivity index (χ2v) is 6.51. The lowest BCUT2D eigenvalue weighted by Gasteiger charge is -2.24. The number of aliphatic imine (C=N–C) groups is 1. The highest BCUT2D eigenvalue weighted by molar-refractivity contribution is 5.84. The zero-order valence-electron chi connectivity index (χ0n) is 15.2. The topological polar surface area (TPSA) is 62.1 Å². The Morgan fingerprint density at radius 3 is 2.83 bits per heavy atom. The van der Waals surface area contributed by atoms with Gasteiger partial charge in [0.2, 0.25) is 5.91 Å². The molecule has 1 amide bonds. The Bertz CT molecular complexity index is 561. The Morgan fingerprint density at radius 2 is 2.25 bits per heavy atom. The van der Waals surface area contributed by atoms with Crippen molar-refractivity contribution in [3.8, 4) is 0 Å². The summed E-state index contributed by atoms with van der Waals surface area (Å²) in [6, 6.07) is 4.11. The normalized spacial score (nSPS) is 17.8. The molecule has 1 atom stereocenters. The number of likely N-dealkylation sites (N-methyl/N-ethyl adjacent to an activating group) is 1. The van der Waals surface area contributed by atoms with E-state index in [2.05, 4.69) is 20.9 Å². The third kappa shape index (κ3) is 5.26. The minimum absolute atomic E-state index is 0.00855. The van der Waals surface area contributed by atoms with Crippen LogP contribution in [0.1, 0.15) is 12.1 Å². The van der Waals surface area contributed by atoms with E-state index in [-0.39, 0.29) is 12.5 Å². The quantitative estimate of drug-likeness (QED) is 0.608. The molecule has 0 aliphatic carbocycles. The van der Waals surface area contributed by atoms with Crippen molar-refractivity contribution in [1.29, 1.82) is 0 Å². The Balaban J connectivity index is 2.00. The van der Waals surface area contributed by atoms with Crippen molar-refractivity contribution in [3.63, 3.8) is 0 Å². The number of aryl methyl sites for hydroxylation is 1. The van der Waals surface area contributed by atoms with Crippen molar-refractivity contribution >= 4 is 11.9 Å². The van der Waals surface area contributed by atoms with E-state index in [1.165, 1.54) is 5.69 Å². The van der Waals surface area contributed by atoms with Crippen LogP contribution in [0.2, 0.25) is 0 Å². The summed E-state index contributed by atoms with van der Waals surface area (Å²) in [5, 5.41) is 3.40. The fourth-order valence-electron chi connectivity index (χ4n) is 2.55. The van der Waals surface area contributed by atoms with Crippen LogP contribution in [0, 0.1) is 5.92 Å². The molecule has 7 heteroatoms. The third-order valence-corrected chi connectivity index (χ3v) is 4.25. The predicted octanol–water partition coefficient (Wildman–Crippen LogP) is 0.527. The van der Waals surface area contributed by atoms with E-state index in [1.54, 1.807) is 19.0 Å². The standard InChI is InChI=1S/C17H29N5O2/c1-20(2)16(23)11-19-17(18-10-14-7-9-24-13-14)22(4)12-15-6-5-8-21(15)3/h5-6,8,14H,7,9-13H2,1-4H3,(H,18,19). The molecule has 1 aromatic heterocycles. The summed E-state index contributed by atoms with van der Waals surface area (Å²) in [6.07, 6.45) is 3.09. The first-order valence-corrected chi connectivity index (χ1v) is 8.35. The molecule has 0 radical (unpaired) electrons. The molecular formula is C17H29N5O2. The fraction of sp³-hybridized carbons (Fsp3) is 0.647. The number of hydrogen-bond donors (Lipinski definition) is 1. The molecule has 0 saturated carbocycles. The van der Waals surface area contributed by atoms with Crippen molar-refractivity contribution in [2.75, 3.05) is 47.4 Å². The van der Waals surface area contributed by atoms with Crippen molar-refractivity contribution in [2.24, 2.45) is 18.0 Å². The van der Waals surface area contributed by atoms with Crippen molar-refractivity contribution in [3.05, 3.63) is 24.0 Å². The molecule has 1 aliphatic heterocycles. The zero-order chi connectivity index (χ0) is 17.5. The molecule has 1 N–H and O–H groups in total. The van der Waals surface area contributed by atoms with E-state index in [0.29, 0.717) is 5.92 Å². The van der Waals surface area contributed by atoms with Crippen LogP contribution in [0.3, 0.4) is 0 Å². The van der Waals surface area contributed by atoms with Gasteiger partial charge in [0.1, 0.15) is 6.54 Å². The molecule has 1 aliphatic rings. The maximum absolute atomic E-state index is 11.8. The lowest BCUT2D eigenvalue weighted by Crippen LogP contribution is -2.42. The molecule has 0 aromatic carbocycles. The van der Waals surface area contributed by atoms with Gasteiger partial charge < -0.3 is 24.4 Å². The fourth-order valence-corrected chi connectivity index (χ4v) is 2.55. The predicted molar refractivity (Wildman–Crippen MR) is 94.8 cm³/mol. The molecule has 7 nitrogen and oxygen atoms in total. The SMILES string of the molecule is CN(C)C(=O)CN=C(NCC1CCOC1)N(C)Cc1cccn1C. The van der Waals surface area contributed by atoms with Gasteiger partial charge >= 0.3 is 0 Å². The number of hydrogen-bond acceptors (Lipinski definition) is 3. The van der Waals surface area contributed by atoms with Gasteiger partial charge in [-0.05, 0) is 18.6 Å². The van der Waals surface area contributed by atoms with Gasteiger partial charge in [0.15, 0.2) is 5.96 Å². The summed E-state index contributed by atoms with van der Waals surface area (Å²) in [5.74, 6) is 1.24. The molecule has 0 bridgehead atoms. The summed E-state index contributed by atoms with van der Waals surface area (Å²) in [5.41, 5.74) is 1.19. The van der Waals surface area contributed by atoms with Crippen LogP contribution in [-0.2, 0) is 23.1 Å². The highest BCUT2D eigenvalue weighted by Crippen LogP contribution is 2.11. The van der Waals surface area contributed by atoms with E-state index in [9.17, 15) is 4.79 Å². The first-order valence-electron chi connectivity index (χ1n) is 8.35. The molecule has 2 rings (SSSR count). The zero-order valence-corrected chi connectivity index (χ0v) is 15.2. The average Bonchev–Trinajstić information content (AvgIpc) is 3.19. The van der Waals surface area contributed by atoms with Gasteiger partial charge in [0, 0.05) is 59.2 Å². The molecule has 1 unspecified atom stereocenters. The summed E-state index contributed by atoms with van der Waals surface area (Å²) in [4.78, 5) is 20.0. The van der Waals surface area contributed by atoms with Gasteiger partial charge in [-0.2, -0.15) is 0 Å². The van der Waals surface area contributed by atoms with Crippen molar-refractivity contribution in [2.45, 2.75) is 13.0 Å². The Labute approximate surface area is 144 Å². The molecule has 24 heavy (non-hydrogen) atoms. The highest BCUT2D eigenvalue weighted by Gasteiger charge is 2.17. The maximum atomic E-state index is 11.8. The van der Waals surface area contributed by atoms with E-state index in [0.717, 1.165) is 38.7 Å². The molecule has 0 spiro atoms. The minimum Gasteiger partial charge on any atom is -0.381 e. The van der Waals surface area contributed by atoms with Gasteiger partial charge in [-0.1, -0.05) is 0 Å². The number of nitrogens with one attached hydrogen (secondary N) is 1. The number of nitrogens with zero attached hydrogens (tertiary/aromatic N) is 4. The smallest absolute Gasteiger partial charge is 0.243 e. The second kappa shape index (κ2) is 8.73. The van der Waals surface area contributed by atoms with Crippen LogP contribution in [0.15, 0.2) is 23.3 Å². The number of carbonyl (C=O) groups excluding carboxylic acids is 1. The highest BCUT2D eigenvalue weighted by atomic mass is 16.5. The van der Waals surface area contributed by atoms with Crippen LogP contribution in [0.4, 0.5) is 0 Å². The summed E-state index contributed by atoms with van der Waals surface area (Å²) < 4.78 is 7.51. The third-order valence-electron chi connectivity index (χ3n) is 4.25. The Morgan fingerprint density at radius 1 is 1.46 bits per heavy atom. The summed E-state index contributed by atoms with van der Waals surface area (Å²) >= 11 is 0. The van der Waals surface area contributed by atoms with Crippen LogP contribution >= 0.6 is 0 Å². The monoisotopic (exact) mass is 335 g/mol. The van der Waals surface area contributed by atoms with Crippen LogP contribution in [-0.4, -0.2) is 73.7 Å². The van der Waals surface area contributed by atoms with E-state index in [1.807, 2.05) is 31.3 Å². The van der Waals surface area contributed by atoms with Gasteiger partial charge in [-0.15, -0.1) is 0 Å². The molecule has 1 fully saturated rings. The number of amides is 1. The molecule has 1 saturated heterocycles. The number of aromatic nitrogens is 1. The Kier molecular flexibility index (Phi) is 6.66. The molecular weight excluding hydrogens is 306 g/mol. The lowest BCUT2D eigenvalue weighted by molar-refractivity contribution is -0.127. The molecule has 134 valence electrons. The van der Waals surface area contributed by atoms with Gasteiger partial charge in [-0.3, -0.25) is 4.79 Å². The molecule has 1 aromatic rings. The van der Waals surface area contributed by atoms with E-state index < -0.39 is 0 Å². The van der Waals surface area contributed by atoms with Crippen LogP contribution in [0.25, 0.3) is 0 Å². The second-order valence-electron chi connectivity index (χ2n) is 6.51. The maximum Gasteiger partial charge on any atom is 0.243 e. The van der Waals surface area contributed by atoms with E-state index >= 15 is 0 Å². The minimum atomic E-state index is -0.00855. The summed E-state index contributed by atoms with van der Waals surface area (Å²) in [7, 11) is 7.51. The first-order chi connectivity index (χ1) is 11.5. The van der Waals surface area contributed by atoms with Crippen LogP contribution in [0.5, 0.6) is 0 Å². The summed E-state index contributed by atoms with van der Waals surface area (Å²) in [6.45, 7) is 3.31. The lowest BCUT2D eigenvalue weighted by atomic mass is 10.1. The molecule has 2 heterocycles. The van der Waals surface area contributed by atoms with Crippen molar-refractivity contribution in [1.82, 2.24) is 19.7 Å². The number of rotatable bonds is 6. The average molecular weight is 335 g/mol. The van der Waals surface area contributed by atoms with Crippen molar-refractivity contribution < 1.29 is 9.53 Å². The van der Waals surface area contributed by atoms with Gasteiger partial charge in [0.05, 0.1) is 13.2 Å². The van der Waals surface area contributed by atoms with Gasteiger partial charge in [-0.25, -0.2) is 4.99 Å². The largest absolute Gasteiger partial charge is 0.381 e. The number of ether oxygens (including phenoxy) is 1. The Hall–Kier alpha value is -2.02. The number of carbonyl (C=O) groups is 1. The van der Waals surface area contributed by atoms with E-state index in [4.69, 9.17) is 4.74 Å². The van der Waals surface area contributed by atoms with Crippen LogP contribution < -0.4 is 5.32 Å².